The van der Waals surface area contributed by atoms with Gasteiger partial charge in [-0.1, -0.05) is 11.6 Å². The molecule has 0 spiro atoms. The fraction of sp³-hybridized carbons (Fsp3) is 0.538. The highest BCUT2D eigenvalue weighted by Gasteiger charge is 2.25. The zero-order chi connectivity index (χ0) is 14.0. The molecule has 1 fully saturated rings. The van der Waals surface area contributed by atoms with Crippen molar-refractivity contribution in [1.29, 1.82) is 0 Å². The van der Waals surface area contributed by atoms with Gasteiger partial charge in [0, 0.05) is 38.3 Å². The predicted molar refractivity (Wildman–Crippen MR) is 76.5 cm³/mol. The molecule has 2 heterocycles. The first-order valence-electron chi connectivity index (χ1n) is 6.30. The Morgan fingerprint density at radius 1 is 1.53 bits per heavy atom. The zero-order valence-corrected chi connectivity index (χ0v) is 12.0. The molecule has 1 aliphatic heterocycles. The van der Waals surface area contributed by atoms with Gasteiger partial charge in [-0.2, -0.15) is 0 Å². The molecule has 0 bridgehead atoms. The number of rotatable bonds is 3. The van der Waals surface area contributed by atoms with Crippen molar-refractivity contribution in [3.05, 3.63) is 22.8 Å². The van der Waals surface area contributed by atoms with E-state index in [1.165, 1.54) is 6.20 Å². The fourth-order valence-corrected chi connectivity index (χ4v) is 2.48. The topological polar surface area (TPSA) is 62.5 Å². The third-order valence-electron chi connectivity index (χ3n) is 3.59. The van der Waals surface area contributed by atoms with E-state index < -0.39 is 0 Å². The molecule has 6 heteroatoms. The molecular formula is C13H19ClN4O. The molecule has 0 saturated carbocycles. The first-order valence-corrected chi connectivity index (χ1v) is 6.68. The second kappa shape index (κ2) is 5.86. The number of hydrogen-bond acceptors (Lipinski definition) is 5. The van der Waals surface area contributed by atoms with Gasteiger partial charge in [-0.25, -0.2) is 4.98 Å². The number of carbonyl (C=O) groups excluding carboxylic acids is 1. The first kappa shape index (κ1) is 14.2. The summed E-state index contributed by atoms with van der Waals surface area (Å²) >= 11 is 5.87. The zero-order valence-electron chi connectivity index (χ0n) is 11.3. The van der Waals surface area contributed by atoms with Crippen LogP contribution in [0.2, 0.25) is 5.02 Å². The van der Waals surface area contributed by atoms with E-state index in [0.717, 1.165) is 19.6 Å². The van der Waals surface area contributed by atoms with Crippen molar-refractivity contribution < 1.29 is 4.79 Å². The number of nitrogens with zero attached hydrogens (tertiary/aromatic N) is 3. The number of aromatic nitrogens is 1. The monoisotopic (exact) mass is 282 g/mol. The fourth-order valence-electron chi connectivity index (χ4n) is 2.32. The summed E-state index contributed by atoms with van der Waals surface area (Å²) in [6.07, 6.45) is 1.89. The van der Waals surface area contributed by atoms with Crippen molar-refractivity contribution in [1.82, 2.24) is 14.8 Å². The van der Waals surface area contributed by atoms with Crippen LogP contribution >= 0.6 is 11.6 Å². The number of Topliss-reactive ketones (excluding diaryl/α,β-unsaturated/α-hetero) is 1. The van der Waals surface area contributed by atoms with Crippen molar-refractivity contribution in [2.45, 2.75) is 12.5 Å². The van der Waals surface area contributed by atoms with Crippen LogP contribution < -0.4 is 5.73 Å². The summed E-state index contributed by atoms with van der Waals surface area (Å²) in [5.41, 5.74) is 6.17. The van der Waals surface area contributed by atoms with Gasteiger partial charge in [0.1, 0.15) is 5.82 Å². The average molecular weight is 283 g/mol. The van der Waals surface area contributed by atoms with Crippen molar-refractivity contribution in [3.8, 4) is 0 Å². The van der Waals surface area contributed by atoms with E-state index in [2.05, 4.69) is 21.8 Å². The van der Waals surface area contributed by atoms with Crippen LogP contribution in [0, 0.1) is 0 Å². The molecular weight excluding hydrogens is 264 g/mol. The number of hydrogen-bond donors (Lipinski definition) is 1. The Bertz CT molecular complexity index is 480. The minimum Gasteiger partial charge on any atom is -0.383 e. The molecule has 0 radical (unpaired) electrons. The van der Waals surface area contributed by atoms with E-state index >= 15 is 0 Å². The third-order valence-corrected chi connectivity index (χ3v) is 3.79. The van der Waals surface area contributed by atoms with E-state index in [0.29, 0.717) is 17.0 Å². The van der Waals surface area contributed by atoms with Crippen molar-refractivity contribution >= 4 is 23.2 Å². The summed E-state index contributed by atoms with van der Waals surface area (Å²) < 4.78 is 0. The molecule has 0 aliphatic carbocycles. The Balaban J connectivity index is 2.10. The van der Waals surface area contributed by atoms with Crippen LogP contribution in [0.25, 0.3) is 0 Å². The lowest BCUT2D eigenvalue weighted by Gasteiger charge is -2.37. The molecule has 1 aromatic heterocycles. The van der Waals surface area contributed by atoms with Crippen molar-refractivity contribution in [2.75, 3.05) is 39.5 Å². The molecule has 0 amide bonds. The Morgan fingerprint density at radius 3 is 3.00 bits per heavy atom. The molecule has 1 atom stereocenters. The molecule has 2 rings (SSSR count). The van der Waals surface area contributed by atoms with Crippen LogP contribution in [0.15, 0.2) is 12.3 Å². The van der Waals surface area contributed by atoms with Gasteiger partial charge in [0.2, 0.25) is 0 Å². The highest BCUT2D eigenvalue weighted by Crippen LogP contribution is 2.19. The largest absolute Gasteiger partial charge is 0.383 e. The first-order chi connectivity index (χ1) is 8.97. The number of ketones is 1. The normalized spacial score (nSPS) is 21.5. The summed E-state index contributed by atoms with van der Waals surface area (Å²) in [6.45, 7) is 2.88. The quantitative estimate of drug-likeness (QED) is 0.842. The molecule has 5 nitrogen and oxygen atoms in total. The maximum Gasteiger partial charge on any atom is 0.168 e. The number of carbonyl (C=O) groups is 1. The Kier molecular flexibility index (Phi) is 4.39. The lowest BCUT2D eigenvalue weighted by molar-refractivity contribution is 0.0810. The van der Waals surface area contributed by atoms with Crippen molar-refractivity contribution in [2.24, 2.45) is 0 Å². The van der Waals surface area contributed by atoms with Crippen LogP contribution in [0.4, 0.5) is 5.82 Å². The highest BCUT2D eigenvalue weighted by atomic mass is 35.5. The molecule has 0 aromatic carbocycles. The minimum absolute atomic E-state index is 0.000324. The van der Waals surface area contributed by atoms with E-state index in [-0.39, 0.29) is 17.6 Å². The number of halogens is 1. The van der Waals surface area contributed by atoms with Gasteiger partial charge in [-0.3, -0.25) is 4.79 Å². The van der Waals surface area contributed by atoms with E-state index in [9.17, 15) is 4.79 Å². The van der Waals surface area contributed by atoms with Crippen LogP contribution in [-0.2, 0) is 0 Å². The lowest BCUT2D eigenvalue weighted by Crippen LogP contribution is -2.50. The molecule has 1 saturated heterocycles. The van der Waals surface area contributed by atoms with Gasteiger partial charge in [0.15, 0.2) is 5.78 Å². The molecule has 2 N–H and O–H groups in total. The molecule has 1 aliphatic rings. The van der Waals surface area contributed by atoms with Gasteiger partial charge in [-0.15, -0.1) is 0 Å². The maximum absolute atomic E-state index is 12.3. The average Bonchev–Trinajstić information content (AvgIpc) is 2.36. The number of nitrogens with two attached hydrogens (primary N) is 1. The minimum atomic E-state index is -0.000324. The number of pyridine rings is 1. The summed E-state index contributed by atoms with van der Waals surface area (Å²) in [4.78, 5) is 20.7. The Morgan fingerprint density at radius 2 is 2.26 bits per heavy atom. The number of nitrogen functional groups attached to an aromatic ring is 1. The third kappa shape index (κ3) is 3.43. The Hall–Kier alpha value is -1.17. The standard InChI is InChI=1S/C13H19ClN4O/c1-17-3-4-18(2)10(8-17)6-12(19)11-5-9(14)7-16-13(11)15/h5,7,10H,3-4,6,8H2,1-2H3,(H2,15,16). The summed E-state index contributed by atoms with van der Waals surface area (Å²) in [7, 11) is 4.12. The van der Waals surface area contributed by atoms with Crippen LogP contribution in [-0.4, -0.2) is 60.3 Å². The van der Waals surface area contributed by atoms with E-state index in [4.69, 9.17) is 17.3 Å². The molecule has 1 aromatic rings. The van der Waals surface area contributed by atoms with Gasteiger partial charge in [0.05, 0.1) is 10.6 Å². The maximum atomic E-state index is 12.3. The summed E-state index contributed by atoms with van der Waals surface area (Å²) in [5, 5.41) is 0.437. The highest BCUT2D eigenvalue weighted by molar-refractivity contribution is 6.31. The Labute approximate surface area is 118 Å². The number of likely N-dealkylation sites (N-methyl/N-ethyl adjacent to an activating group) is 2. The number of anilines is 1. The predicted octanol–water partition coefficient (Wildman–Crippen LogP) is 1.14. The molecule has 1 unspecified atom stereocenters. The summed E-state index contributed by atoms with van der Waals surface area (Å²) in [5.74, 6) is 0.251. The molecule has 19 heavy (non-hydrogen) atoms. The van der Waals surface area contributed by atoms with Gasteiger partial charge >= 0.3 is 0 Å². The van der Waals surface area contributed by atoms with Crippen LogP contribution in [0.3, 0.4) is 0 Å². The van der Waals surface area contributed by atoms with Crippen LogP contribution in [0.5, 0.6) is 0 Å². The summed E-state index contributed by atoms with van der Waals surface area (Å²) in [6, 6.07) is 1.81. The van der Waals surface area contributed by atoms with E-state index in [1.807, 2.05) is 7.05 Å². The lowest BCUT2D eigenvalue weighted by atomic mass is 10.0. The van der Waals surface area contributed by atoms with Crippen LogP contribution in [0.1, 0.15) is 16.8 Å². The van der Waals surface area contributed by atoms with E-state index in [1.54, 1.807) is 6.07 Å². The number of piperazine rings is 1. The molecule has 104 valence electrons. The van der Waals surface area contributed by atoms with Crippen molar-refractivity contribution in [3.63, 3.8) is 0 Å². The SMILES string of the molecule is CN1CCN(C)C(CC(=O)c2cc(Cl)cnc2N)C1. The van der Waals surface area contributed by atoms with Gasteiger partial charge in [0.25, 0.3) is 0 Å². The smallest absolute Gasteiger partial charge is 0.168 e. The van der Waals surface area contributed by atoms with Gasteiger partial charge in [-0.05, 0) is 20.2 Å². The second-order valence-corrected chi connectivity index (χ2v) is 5.55. The van der Waals surface area contributed by atoms with Gasteiger partial charge < -0.3 is 15.5 Å². The second-order valence-electron chi connectivity index (χ2n) is 5.11.